The molecular formula is C23H22FNO6S. The first kappa shape index (κ1) is 21.9. The number of primary sulfonamides is 1. The normalized spacial score (nSPS) is 14.7. The second-order valence-electron chi connectivity index (χ2n) is 7.32. The first-order valence-corrected chi connectivity index (χ1v) is 11.4. The van der Waals surface area contributed by atoms with E-state index in [0.29, 0.717) is 45.3 Å². The van der Waals surface area contributed by atoms with Crippen molar-refractivity contribution in [1.29, 1.82) is 0 Å². The van der Waals surface area contributed by atoms with Crippen molar-refractivity contribution >= 4 is 10.0 Å². The minimum Gasteiger partial charge on any atom is -0.496 e. The van der Waals surface area contributed by atoms with Gasteiger partial charge in [0.05, 0.1) is 32.6 Å². The minimum absolute atomic E-state index is 0.311. The Kier molecular flexibility index (Phi) is 5.70. The van der Waals surface area contributed by atoms with Crippen LogP contribution in [0.3, 0.4) is 0 Å². The molecule has 0 radical (unpaired) electrons. The van der Waals surface area contributed by atoms with Crippen molar-refractivity contribution in [3.8, 4) is 34.1 Å². The van der Waals surface area contributed by atoms with Crippen LogP contribution in [0.1, 0.15) is 22.8 Å². The summed E-state index contributed by atoms with van der Waals surface area (Å²) in [5.74, 6) is 0.842. The first-order chi connectivity index (χ1) is 15.2. The van der Waals surface area contributed by atoms with Crippen LogP contribution in [0.2, 0.25) is 0 Å². The van der Waals surface area contributed by atoms with E-state index in [1.54, 1.807) is 30.3 Å². The van der Waals surface area contributed by atoms with Gasteiger partial charge >= 0.3 is 0 Å². The van der Waals surface area contributed by atoms with E-state index < -0.39 is 21.9 Å². The van der Waals surface area contributed by atoms with Gasteiger partial charge in [-0.05, 0) is 23.3 Å². The van der Waals surface area contributed by atoms with Crippen molar-refractivity contribution in [3.63, 3.8) is 0 Å². The van der Waals surface area contributed by atoms with Gasteiger partial charge in [0.2, 0.25) is 10.0 Å². The Labute approximate surface area is 185 Å². The zero-order chi connectivity index (χ0) is 23.0. The second kappa shape index (κ2) is 8.33. The lowest BCUT2D eigenvalue weighted by atomic mass is 9.88. The minimum atomic E-state index is -3.74. The molecule has 32 heavy (non-hydrogen) atoms. The highest BCUT2D eigenvalue weighted by Crippen LogP contribution is 2.50. The molecule has 0 saturated heterocycles. The number of hydrogen-bond donors (Lipinski definition) is 1. The quantitative estimate of drug-likeness (QED) is 0.603. The highest BCUT2D eigenvalue weighted by atomic mass is 32.2. The lowest BCUT2D eigenvalue weighted by Gasteiger charge is -2.31. The molecule has 0 fully saturated rings. The summed E-state index contributed by atoms with van der Waals surface area (Å²) in [6, 6.07) is 13.1. The molecule has 3 aromatic carbocycles. The SMILES string of the molecule is COc1ccc(C2Oc3cc(F)cc(OC)c3-c3ccc(CS(N)(=O)=O)cc32)cc1OC. The van der Waals surface area contributed by atoms with Crippen molar-refractivity contribution in [2.75, 3.05) is 21.3 Å². The molecule has 7 nitrogen and oxygen atoms in total. The van der Waals surface area contributed by atoms with Gasteiger partial charge in [-0.15, -0.1) is 0 Å². The third kappa shape index (κ3) is 4.09. The molecule has 0 saturated carbocycles. The Bertz CT molecular complexity index is 1290. The number of hydrogen-bond acceptors (Lipinski definition) is 6. The lowest BCUT2D eigenvalue weighted by Crippen LogP contribution is -2.18. The molecule has 0 bridgehead atoms. The molecule has 1 aliphatic rings. The Balaban J connectivity index is 1.94. The first-order valence-electron chi connectivity index (χ1n) is 9.64. The fraction of sp³-hybridized carbons (Fsp3) is 0.217. The number of fused-ring (bicyclic) bond motifs is 3. The van der Waals surface area contributed by atoms with Crippen molar-refractivity contribution in [2.24, 2.45) is 5.14 Å². The maximum absolute atomic E-state index is 14.2. The summed E-state index contributed by atoms with van der Waals surface area (Å²) in [4.78, 5) is 0. The van der Waals surface area contributed by atoms with E-state index >= 15 is 0 Å². The Morgan fingerprint density at radius 1 is 0.938 bits per heavy atom. The Hall–Kier alpha value is -3.30. The molecule has 0 aliphatic carbocycles. The maximum Gasteiger partial charge on any atom is 0.213 e. The molecular weight excluding hydrogens is 437 g/mol. The zero-order valence-electron chi connectivity index (χ0n) is 17.7. The predicted octanol–water partition coefficient (Wildman–Crippen LogP) is 3.79. The summed E-state index contributed by atoms with van der Waals surface area (Å²) in [5, 5.41) is 5.25. The van der Waals surface area contributed by atoms with E-state index in [-0.39, 0.29) is 5.75 Å². The highest BCUT2D eigenvalue weighted by Gasteiger charge is 2.31. The third-order valence-electron chi connectivity index (χ3n) is 5.24. The number of benzene rings is 3. The van der Waals surface area contributed by atoms with Crippen LogP contribution in [0.5, 0.6) is 23.0 Å². The number of ether oxygens (including phenoxy) is 4. The maximum atomic E-state index is 14.2. The number of nitrogens with two attached hydrogens (primary N) is 1. The van der Waals surface area contributed by atoms with Crippen LogP contribution in [0.4, 0.5) is 4.39 Å². The molecule has 3 aromatic rings. The molecule has 2 N–H and O–H groups in total. The lowest BCUT2D eigenvalue weighted by molar-refractivity contribution is 0.239. The van der Waals surface area contributed by atoms with Crippen LogP contribution in [0.15, 0.2) is 48.5 Å². The fourth-order valence-corrected chi connectivity index (χ4v) is 4.55. The average Bonchev–Trinajstić information content (AvgIpc) is 2.76. The average molecular weight is 459 g/mol. The van der Waals surface area contributed by atoms with Crippen LogP contribution in [-0.4, -0.2) is 29.7 Å². The van der Waals surface area contributed by atoms with E-state index in [2.05, 4.69) is 0 Å². The molecule has 9 heteroatoms. The zero-order valence-corrected chi connectivity index (χ0v) is 18.5. The highest BCUT2D eigenvalue weighted by molar-refractivity contribution is 7.88. The molecule has 0 spiro atoms. The van der Waals surface area contributed by atoms with Gasteiger partial charge in [-0.1, -0.05) is 24.3 Å². The second-order valence-corrected chi connectivity index (χ2v) is 8.94. The predicted molar refractivity (Wildman–Crippen MR) is 117 cm³/mol. The van der Waals surface area contributed by atoms with E-state index in [1.807, 2.05) is 6.07 Å². The van der Waals surface area contributed by atoms with Crippen molar-refractivity contribution in [2.45, 2.75) is 11.9 Å². The van der Waals surface area contributed by atoms with Crippen LogP contribution in [0, 0.1) is 5.82 Å². The van der Waals surface area contributed by atoms with Crippen molar-refractivity contribution in [1.82, 2.24) is 0 Å². The summed E-state index contributed by atoms with van der Waals surface area (Å²) >= 11 is 0. The number of methoxy groups -OCH3 is 3. The van der Waals surface area contributed by atoms with Crippen LogP contribution >= 0.6 is 0 Å². The molecule has 0 amide bonds. The van der Waals surface area contributed by atoms with E-state index in [9.17, 15) is 12.8 Å². The number of rotatable bonds is 6. The van der Waals surface area contributed by atoms with Crippen LogP contribution < -0.4 is 24.1 Å². The van der Waals surface area contributed by atoms with Gasteiger partial charge in [-0.25, -0.2) is 17.9 Å². The molecule has 1 unspecified atom stereocenters. The van der Waals surface area contributed by atoms with Crippen molar-refractivity contribution < 1.29 is 31.8 Å². The molecule has 4 rings (SSSR count). The summed E-state index contributed by atoms with van der Waals surface area (Å²) < 4.78 is 59.9. The number of sulfonamides is 1. The summed E-state index contributed by atoms with van der Waals surface area (Å²) in [7, 11) is 0.774. The molecule has 1 aliphatic heterocycles. The standard InChI is InChI=1S/C23H22FNO6S/c1-28-18-7-5-14(9-19(18)29-2)23-17-8-13(12-32(25,26)27)4-6-16(17)22-20(30-3)10-15(24)11-21(22)31-23/h4-11,23H,12H2,1-3H3,(H2,25,26,27). The summed E-state index contributed by atoms with van der Waals surface area (Å²) in [6.45, 7) is 0. The van der Waals surface area contributed by atoms with Gasteiger partial charge in [0.25, 0.3) is 0 Å². The largest absolute Gasteiger partial charge is 0.496 e. The van der Waals surface area contributed by atoms with Gasteiger partial charge in [0.1, 0.15) is 23.4 Å². The monoisotopic (exact) mass is 459 g/mol. The summed E-state index contributed by atoms with van der Waals surface area (Å²) in [6.07, 6.45) is -0.663. The van der Waals surface area contributed by atoms with Crippen molar-refractivity contribution in [3.05, 3.63) is 71.0 Å². The van der Waals surface area contributed by atoms with Gasteiger partial charge in [0.15, 0.2) is 11.5 Å². The van der Waals surface area contributed by atoms with Gasteiger partial charge in [-0.2, -0.15) is 0 Å². The van der Waals surface area contributed by atoms with Gasteiger partial charge in [-0.3, -0.25) is 0 Å². The van der Waals surface area contributed by atoms with Crippen LogP contribution in [0.25, 0.3) is 11.1 Å². The third-order valence-corrected chi connectivity index (χ3v) is 5.98. The van der Waals surface area contributed by atoms with Gasteiger partial charge in [0, 0.05) is 23.3 Å². The smallest absolute Gasteiger partial charge is 0.213 e. The molecule has 0 aromatic heterocycles. The summed E-state index contributed by atoms with van der Waals surface area (Å²) in [5.41, 5.74) is 3.23. The molecule has 168 valence electrons. The van der Waals surface area contributed by atoms with E-state index in [0.717, 1.165) is 5.56 Å². The van der Waals surface area contributed by atoms with E-state index in [1.165, 1.54) is 33.5 Å². The topological polar surface area (TPSA) is 97.1 Å². The van der Waals surface area contributed by atoms with Crippen LogP contribution in [-0.2, 0) is 15.8 Å². The fourth-order valence-electron chi connectivity index (χ4n) is 3.91. The number of halogens is 1. The molecule has 1 heterocycles. The molecule has 1 atom stereocenters. The Morgan fingerprint density at radius 2 is 1.66 bits per heavy atom. The van der Waals surface area contributed by atoms with Gasteiger partial charge < -0.3 is 18.9 Å². The van der Waals surface area contributed by atoms with E-state index in [4.69, 9.17) is 24.1 Å². The Morgan fingerprint density at radius 3 is 2.31 bits per heavy atom.